The highest BCUT2D eigenvalue weighted by Gasteiger charge is 2.15. The molecule has 0 bridgehead atoms. The first-order valence-electron chi connectivity index (χ1n) is 7.16. The normalized spacial score (nSPS) is 10.7. The molecule has 0 aliphatic heterocycles. The van der Waals surface area contributed by atoms with Crippen LogP contribution in [0.15, 0.2) is 24.3 Å². The van der Waals surface area contributed by atoms with E-state index in [0.717, 1.165) is 11.3 Å². The van der Waals surface area contributed by atoms with E-state index in [4.69, 9.17) is 9.47 Å². The number of carbonyl (C=O) groups is 2. The van der Waals surface area contributed by atoms with Crippen LogP contribution in [0.4, 0.5) is 4.79 Å². The monoisotopic (exact) mass is 308 g/mol. The van der Waals surface area contributed by atoms with Crippen molar-refractivity contribution in [2.24, 2.45) is 0 Å². The Labute approximate surface area is 131 Å². The van der Waals surface area contributed by atoms with E-state index in [1.807, 2.05) is 24.3 Å². The lowest BCUT2D eigenvalue weighted by molar-refractivity contribution is -0.121. The summed E-state index contributed by atoms with van der Waals surface area (Å²) in [5, 5.41) is 5.33. The van der Waals surface area contributed by atoms with Gasteiger partial charge in [0.15, 0.2) is 0 Å². The van der Waals surface area contributed by atoms with Gasteiger partial charge in [0.05, 0.1) is 7.11 Å². The third kappa shape index (κ3) is 7.52. The third-order valence-electron chi connectivity index (χ3n) is 2.64. The molecular weight excluding hydrogens is 284 g/mol. The number of amides is 2. The lowest BCUT2D eigenvalue weighted by atomic mass is 10.2. The fourth-order valence-electron chi connectivity index (χ4n) is 1.66. The maximum Gasteiger partial charge on any atom is 0.407 e. The standard InChI is InChI=1S/C16H24N2O4/c1-16(2,3)22-15(20)17-9-8-14(19)18-11-12-6-5-7-13(10-12)21-4/h5-7,10H,8-9,11H2,1-4H3,(H,17,20)(H,18,19). The number of alkyl carbamates (subject to hydrolysis) is 1. The first-order valence-corrected chi connectivity index (χ1v) is 7.16. The number of methoxy groups -OCH3 is 1. The van der Waals surface area contributed by atoms with E-state index in [2.05, 4.69) is 10.6 Å². The lowest BCUT2D eigenvalue weighted by Crippen LogP contribution is -2.35. The minimum Gasteiger partial charge on any atom is -0.497 e. The van der Waals surface area contributed by atoms with Crippen molar-refractivity contribution in [3.8, 4) is 5.75 Å². The van der Waals surface area contributed by atoms with Crippen LogP contribution in [0.25, 0.3) is 0 Å². The van der Waals surface area contributed by atoms with Gasteiger partial charge in [-0.3, -0.25) is 4.79 Å². The average Bonchev–Trinajstić information content (AvgIpc) is 2.43. The highest BCUT2D eigenvalue weighted by molar-refractivity contribution is 5.77. The van der Waals surface area contributed by atoms with E-state index >= 15 is 0 Å². The van der Waals surface area contributed by atoms with Crippen molar-refractivity contribution in [2.75, 3.05) is 13.7 Å². The molecule has 0 saturated heterocycles. The Hall–Kier alpha value is -2.24. The molecule has 6 nitrogen and oxygen atoms in total. The van der Waals surface area contributed by atoms with E-state index in [1.165, 1.54) is 0 Å². The quantitative estimate of drug-likeness (QED) is 0.845. The summed E-state index contributed by atoms with van der Waals surface area (Å²) >= 11 is 0. The van der Waals surface area contributed by atoms with Crippen molar-refractivity contribution in [2.45, 2.75) is 39.3 Å². The highest BCUT2D eigenvalue weighted by Crippen LogP contribution is 2.12. The van der Waals surface area contributed by atoms with Gasteiger partial charge in [0, 0.05) is 19.5 Å². The molecule has 122 valence electrons. The van der Waals surface area contributed by atoms with E-state index in [-0.39, 0.29) is 18.9 Å². The predicted octanol–water partition coefficient (Wildman–Crippen LogP) is 2.23. The molecule has 0 unspecified atom stereocenters. The highest BCUT2D eigenvalue weighted by atomic mass is 16.6. The van der Waals surface area contributed by atoms with Gasteiger partial charge in [-0.05, 0) is 38.5 Å². The zero-order valence-corrected chi connectivity index (χ0v) is 13.6. The van der Waals surface area contributed by atoms with Gasteiger partial charge >= 0.3 is 6.09 Å². The molecule has 1 aromatic carbocycles. The van der Waals surface area contributed by atoms with Crippen LogP contribution in [-0.2, 0) is 16.1 Å². The molecule has 1 rings (SSSR count). The first-order chi connectivity index (χ1) is 10.3. The molecule has 0 radical (unpaired) electrons. The molecule has 1 aromatic rings. The Morgan fingerprint density at radius 3 is 2.55 bits per heavy atom. The number of ether oxygens (including phenoxy) is 2. The first kappa shape index (κ1) is 17.8. The van der Waals surface area contributed by atoms with Crippen LogP contribution < -0.4 is 15.4 Å². The van der Waals surface area contributed by atoms with Crippen LogP contribution >= 0.6 is 0 Å². The van der Waals surface area contributed by atoms with Crippen molar-refractivity contribution in [3.63, 3.8) is 0 Å². The van der Waals surface area contributed by atoms with Crippen LogP contribution in [0.3, 0.4) is 0 Å². The Morgan fingerprint density at radius 2 is 1.91 bits per heavy atom. The number of carbonyl (C=O) groups excluding carboxylic acids is 2. The van der Waals surface area contributed by atoms with Gasteiger partial charge in [-0.1, -0.05) is 12.1 Å². The van der Waals surface area contributed by atoms with Crippen molar-refractivity contribution in [1.29, 1.82) is 0 Å². The molecule has 0 fully saturated rings. The van der Waals surface area contributed by atoms with Gasteiger partial charge in [-0.15, -0.1) is 0 Å². The molecule has 2 amide bonds. The largest absolute Gasteiger partial charge is 0.497 e. The predicted molar refractivity (Wildman–Crippen MR) is 83.7 cm³/mol. The molecule has 0 spiro atoms. The molecule has 0 aliphatic rings. The number of nitrogens with one attached hydrogen (secondary N) is 2. The molecule has 2 N–H and O–H groups in total. The van der Waals surface area contributed by atoms with Gasteiger partial charge in [-0.2, -0.15) is 0 Å². The van der Waals surface area contributed by atoms with Crippen LogP contribution in [0.2, 0.25) is 0 Å². The Kier molecular flexibility index (Phi) is 6.69. The summed E-state index contributed by atoms with van der Waals surface area (Å²) in [5.74, 6) is 0.609. The lowest BCUT2D eigenvalue weighted by Gasteiger charge is -2.19. The van der Waals surface area contributed by atoms with Crippen LogP contribution in [0, 0.1) is 0 Å². The smallest absolute Gasteiger partial charge is 0.407 e. The molecule has 0 saturated carbocycles. The van der Waals surface area contributed by atoms with E-state index in [1.54, 1.807) is 27.9 Å². The molecule has 6 heteroatoms. The van der Waals surface area contributed by atoms with Gasteiger partial charge < -0.3 is 20.1 Å². The molecular formula is C16H24N2O4. The summed E-state index contributed by atoms with van der Waals surface area (Å²) in [5.41, 5.74) is 0.409. The second kappa shape index (κ2) is 8.26. The second-order valence-corrected chi connectivity index (χ2v) is 5.81. The van der Waals surface area contributed by atoms with Crippen LogP contribution in [-0.4, -0.2) is 31.3 Å². The molecule has 0 atom stereocenters. The van der Waals surface area contributed by atoms with Crippen molar-refractivity contribution in [1.82, 2.24) is 10.6 Å². The summed E-state index contributed by atoms with van der Waals surface area (Å²) in [4.78, 5) is 23.1. The van der Waals surface area contributed by atoms with Crippen LogP contribution in [0.1, 0.15) is 32.8 Å². The summed E-state index contributed by atoms with van der Waals surface area (Å²) in [6.07, 6.45) is -0.323. The number of hydrogen-bond donors (Lipinski definition) is 2. The average molecular weight is 308 g/mol. The molecule has 22 heavy (non-hydrogen) atoms. The third-order valence-corrected chi connectivity index (χ3v) is 2.64. The maximum absolute atomic E-state index is 11.7. The maximum atomic E-state index is 11.7. The number of hydrogen-bond acceptors (Lipinski definition) is 4. The van der Waals surface area contributed by atoms with Crippen molar-refractivity contribution >= 4 is 12.0 Å². The Bertz CT molecular complexity index is 509. The van der Waals surface area contributed by atoms with Gasteiger partial charge in [0.1, 0.15) is 11.4 Å². The van der Waals surface area contributed by atoms with Crippen LogP contribution in [0.5, 0.6) is 5.75 Å². The SMILES string of the molecule is COc1cccc(CNC(=O)CCNC(=O)OC(C)(C)C)c1. The zero-order valence-electron chi connectivity index (χ0n) is 13.6. The fraction of sp³-hybridized carbons (Fsp3) is 0.500. The minimum absolute atomic E-state index is 0.140. The van der Waals surface area contributed by atoms with Crippen molar-refractivity contribution < 1.29 is 19.1 Å². The van der Waals surface area contributed by atoms with Gasteiger partial charge in [0.25, 0.3) is 0 Å². The number of rotatable bonds is 6. The number of benzene rings is 1. The van der Waals surface area contributed by atoms with E-state index < -0.39 is 11.7 Å². The van der Waals surface area contributed by atoms with Gasteiger partial charge in [0.2, 0.25) is 5.91 Å². The summed E-state index contributed by atoms with van der Waals surface area (Å²) < 4.78 is 10.2. The topological polar surface area (TPSA) is 76.7 Å². The Balaban J connectivity index is 2.25. The molecule has 0 aromatic heterocycles. The molecule has 0 aliphatic carbocycles. The van der Waals surface area contributed by atoms with E-state index in [0.29, 0.717) is 6.54 Å². The van der Waals surface area contributed by atoms with E-state index in [9.17, 15) is 9.59 Å². The fourth-order valence-corrected chi connectivity index (χ4v) is 1.66. The van der Waals surface area contributed by atoms with Gasteiger partial charge in [-0.25, -0.2) is 4.79 Å². The zero-order chi connectivity index (χ0) is 16.6. The minimum atomic E-state index is -0.543. The summed E-state index contributed by atoms with van der Waals surface area (Å²) in [6, 6.07) is 7.47. The van der Waals surface area contributed by atoms with Crippen molar-refractivity contribution in [3.05, 3.63) is 29.8 Å². The summed E-state index contributed by atoms with van der Waals surface area (Å²) in [7, 11) is 1.60. The Morgan fingerprint density at radius 1 is 1.18 bits per heavy atom. The second-order valence-electron chi connectivity index (χ2n) is 5.81. The summed E-state index contributed by atoms with van der Waals surface area (Å²) in [6.45, 7) is 6.01. The molecule has 0 heterocycles.